The van der Waals surface area contributed by atoms with Crippen molar-refractivity contribution in [3.8, 4) is 0 Å². The smallest absolute Gasteiger partial charge is 0.187 e. The molecule has 35 heteroatoms. The minimum Gasteiger partial charge on any atom is -0.394 e. The molecule has 21 saturated heterocycles. The van der Waals surface area contributed by atoms with Crippen LogP contribution in [0.5, 0.6) is 0 Å². The summed E-state index contributed by atoms with van der Waals surface area (Å²) in [7, 11) is 0. The maximum Gasteiger partial charge on any atom is 0.187 e. The van der Waals surface area contributed by atoms with E-state index in [1.54, 1.807) is 0 Å². The van der Waals surface area contributed by atoms with Crippen LogP contribution in [0.15, 0.2) is 0 Å². The average Bonchev–Trinajstić information content (AvgIpc) is 3.45. The molecule has 21 heterocycles. The van der Waals surface area contributed by atoms with Crippen LogP contribution in [0.3, 0.4) is 0 Å². The van der Waals surface area contributed by atoms with Crippen LogP contribution in [0, 0.1) is 0 Å². The summed E-state index contributed by atoms with van der Waals surface area (Å²) in [6, 6.07) is 0. The molecule has 14 bridgehead atoms. The van der Waals surface area contributed by atoms with Gasteiger partial charge < -0.3 is 174 Å². The molecule has 21 fully saturated rings. The van der Waals surface area contributed by atoms with Crippen LogP contribution in [-0.4, -0.2) is 363 Å². The number of aliphatic hydroxyl groups is 20. The number of hydrogen-bond acceptors (Lipinski definition) is 35. The first kappa shape index (κ1) is 61.7. The summed E-state index contributed by atoms with van der Waals surface area (Å²) in [5.74, 6) is 0. The molecule has 0 aromatic carbocycles. The van der Waals surface area contributed by atoms with Crippen molar-refractivity contribution >= 4 is 0 Å². The minimum absolute atomic E-state index is 0.547. The predicted molar refractivity (Wildman–Crippen MR) is 230 cm³/mol. The minimum atomic E-state index is -2.20. The van der Waals surface area contributed by atoms with Gasteiger partial charge in [0.25, 0.3) is 0 Å². The third-order valence-corrected chi connectivity index (χ3v) is 14.8. The molecule has 0 unspecified atom stereocenters. The van der Waals surface area contributed by atoms with Crippen LogP contribution in [0.4, 0.5) is 0 Å². The Morgan fingerprint density at radius 3 is 0.455 bits per heavy atom. The highest BCUT2D eigenvalue weighted by Crippen LogP contribution is 2.39. The lowest BCUT2D eigenvalue weighted by atomic mass is 9.95. The Labute approximate surface area is 434 Å². The van der Waals surface area contributed by atoms with Crippen molar-refractivity contribution in [2.24, 2.45) is 5.73 Å². The zero-order chi connectivity index (χ0) is 56.1. The van der Waals surface area contributed by atoms with Crippen molar-refractivity contribution in [2.75, 3.05) is 46.2 Å². The van der Waals surface area contributed by atoms with Crippen molar-refractivity contribution in [1.82, 2.24) is 0 Å². The van der Waals surface area contributed by atoms with Gasteiger partial charge in [0.15, 0.2) is 44.0 Å². The van der Waals surface area contributed by atoms with E-state index in [0.717, 1.165) is 0 Å². The molecule has 77 heavy (non-hydrogen) atoms. The number of hydrogen-bond donors (Lipinski definition) is 21. The molecule has 35 nitrogen and oxygen atoms in total. The molecule has 0 spiro atoms. The summed E-state index contributed by atoms with van der Waals surface area (Å²) >= 11 is 0. The van der Waals surface area contributed by atoms with Crippen LogP contribution >= 0.6 is 0 Å². The average molecular weight is 1130 g/mol. The first-order chi connectivity index (χ1) is 36.7. The van der Waals surface area contributed by atoms with Crippen molar-refractivity contribution in [3.05, 3.63) is 0 Å². The van der Waals surface area contributed by atoms with E-state index in [2.05, 4.69) is 0 Å². The molecule has 35 atom stereocenters. The first-order valence-electron chi connectivity index (χ1n) is 24.7. The zero-order valence-electron chi connectivity index (χ0n) is 40.4. The molecule has 21 aliphatic heterocycles. The van der Waals surface area contributed by atoms with Crippen LogP contribution < -0.4 is 5.73 Å². The Balaban J connectivity index is 1.08. The van der Waals surface area contributed by atoms with Gasteiger partial charge >= 0.3 is 0 Å². The monoisotopic (exact) mass is 1130 g/mol. The Kier molecular flexibility index (Phi) is 20.8. The second-order valence-electron chi connectivity index (χ2n) is 19.7. The largest absolute Gasteiger partial charge is 0.394 e. The summed E-state index contributed by atoms with van der Waals surface area (Å²) in [4.78, 5) is 0. The second-order valence-corrected chi connectivity index (χ2v) is 19.7. The highest BCUT2D eigenvalue weighted by molar-refractivity contribution is 5.02. The summed E-state index contributed by atoms with van der Waals surface area (Å²) < 4.78 is 79.9. The van der Waals surface area contributed by atoms with E-state index >= 15 is 0 Å². The molecule has 0 amide bonds. The molecule has 0 saturated carbocycles. The molecule has 21 aliphatic rings. The fourth-order valence-corrected chi connectivity index (χ4v) is 10.5. The van der Waals surface area contributed by atoms with Gasteiger partial charge in [-0.25, -0.2) is 0 Å². The zero-order valence-corrected chi connectivity index (χ0v) is 40.4. The third-order valence-electron chi connectivity index (χ3n) is 14.8. The molecule has 22 N–H and O–H groups in total. The number of aliphatic hydroxyl groups excluding tert-OH is 20. The van der Waals surface area contributed by atoms with Gasteiger partial charge in [0, 0.05) is 6.54 Å². The van der Waals surface area contributed by atoms with Gasteiger partial charge in [-0.3, -0.25) is 0 Å². The lowest BCUT2D eigenvalue weighted by Crippen LogP contribution is -2.68. The maximum absolute atomic E-state index is 11.4. The Hall–Kier alpha value is -1.40. The van der Waals surface area contributed by atoms with Crippen LogP contribution in [0.1, 0.15) is 0 Å². The first-order valence-corrected chi connectivity index (χ1v) is 24.7. The second kappa shape index (κ2) is 26.0. The molecule has 21 rings (SSSR count). The highest BCUT2D eigenvalue weighted by atomic mass is 16.8. The fourth-order valence-electron chi connectivity index (χ4n) is 10.5. The van der Waals surface area contributed by atoms with Gasteiger partial charge in [-0.1, -0.05) is 0 Å². The van der Waals surface area contributed by atoms with Gasteiger partial charge in [-0.2, -0.15) is 0 Å². The van der Waals surface area contributed by atoms with Gasteiger partial charge in [-0.15, -0.1) is 0 Å². The third kappa shape index (κ3) is 12.1. The summed E-state index contributed by atoms with van der Waals surface area (Å²) in [6.45, 7) is -6.75. The summed E-state index contributed by atoms with van der Waals surface area (Å²) in [5.41, 5.74) is 5.94. The van der Waals surface area contributed by atoms with Crippen molar-refractivity contribution in [1.29, 1.82) is 0 Å². The number of rotatable bonds is 7. The Morgan fingerprint density at radius 2 is 0.325 bits per heavy atom. The number of nitrogens with two attached hydrogens (primary N) is 1. The van der Waals surface area contributed by atoms with Crippen molar-refractivity contribution in [2.45, 2.75) is 215 Å². The van der Waals surface area contributed by atoms with Crippen LogP contribution in [0.25, 0.3) is 0 Å². The van der Waals surface area contributed by atoms with Crippen LogP contribution in [-0.2, 0) is 66.3 Å². The lowest BCUT2D eigenvalue weighted by Gasteiger charge is -2.50. The molecular weight excluding hydrogens is 1060 g/mol. The fraction of sp³-hybridized carbons (Fsp3) is 1.00. The summed E-state index contributed by atoms with van der Waals surface area (Å²) in [6.07, 6.45) is -69.2. The van der Waals surface area contributed by atoms with Gasteiger partial charge in [0.1, 0.15) is 171 Å². The number of ether oxygens (including phenoxy) is 14. The normalized spacial score (nSPS) is 55.4. The van der Waals surface area contributed by atoms with Gasteiger partial charge in [-0.05, 0) is 0 Å². The van der Waals surface area contributed by atoms with E-state index in [4.69, 9.17) is 72.0 Å². The quantitative estimate of drug-likeness (QED) is 0.113. The lowest BCUT2D eigenvalue weighted by molar-refractivity contribution is -0.396. The Bertz CT molecular complexity index is 1470. The topological polar surface area (TPSA) is 560 Å². The van der Waals surface area contributed by atoms with Crippen LogP contribution in [0.2, 0.25) is 0 Å². The van der Waals surface area contributed by atoms with E-state index in [-0.39, 0.29) is 0 Å². The molecule has 448 valence electrons. The van der Waals surface area contributed by atoms with Crippen molar-refractivity contribution < 1.29 is 168 Å². The van der Waals surface area contributed by atoms with Gasteiger partial charge in [0.2, 0.25) is 0 Å². The molecular formula is C42H71NO34. The molecule has 0 aromatic rings. The SMILES string of the molecule is NC[C@H]1O[C@@H]2O[C@@H]3[C@@H](O)[C@H](O)[C@H](O[C@@H]4[C@@H](O)[C@H](O)[C@H](O[C@@H]5[C@@H](O)[C@H](O)[C@H](O[C@@H]6[C@@H](O)[C@H](O)[C@H](O[C@H]7[C@H](O)[C@@H](O)[C@@H](O[C@H]8[C@H](O)[C@@H](O)[C@@H](O[C@H]1[C@H](O)[C@H]2O)O[C@@H]8CO)O[C@@H]7CO)O[C@H]6CO)O[C@H]5CO)O[C@H]4CO)O[C@H]3CO. The highest BCUT2D eigenvalue weighted by Gasteiger charge is 2.59. The van der Waals surface area contributed by atoms with E-state index in [9.17, 15) is 102 Å². The maximum atomic E-state index is 11.4. The van der Waals surface area contributed by atoms with E-state index in [1.165, 1.54) is 0 Å². The molecule has 0 aromatic heterocycles. The molecule has 0 radical (unpaired) electrons. The van der Waals surface area contributed by atoms with E-state index in [0.29, 0.717) is 0 Å². The summed E-state index contributed by atoms with van der Waals surface area (Å²) in [5, 5.41) is 220. The Morgan fingerprint density at radius 1 is 0.195 bits per heavy atom. The van der Waals surface area contributed by atoms with Crippen molar-refractivity contribution in [3.63, 3.8) is 0 Å². The van der Waals surface area contributed by atoms with Gasteiger partial charge in [0.05, 0.1) is 39.6 Å². The van der Waals surface area contributed by atoms with E-state index < -0.39 is 261 Å². The standard InChI is InChI=1S/C42H71NO34/c43-1-8-29-15(50)22(57)36(64-8)72-30-9(2-44)66-38(24(59)17(30)52)74-32-11(4-46)68-40(26(61)19(32)54)76-34-13(6-48)70-42(28(63)21(34)56)77-35-14(7-49)69-41(27(62)20(35)55)75-33-12(5-47)67-39(25(60)18(33)53)73-31-10(3-45)65-37(71-29)23(58)16(31)51/h8-42,44-63H,1-7,43H2/t8-,9+,10-,11+,12-,13+,14+,15-,16-,17+,18-,19+,20+,21+,22-,23-,24+,25-,26+,27+,28+,29-,30+,31-,32+,33-,34+,35+,36-,37-,38+,39-,40+,41+,42+/m1/s1. The predicted octanol–water partition coefficient (Wildman–Crippen LogP) is -15.3. The molecule has 0 aliphatic carbocycles. The van der Waals surface area contributed by atoms with E-state index in [1.807, 2.05) is 0 Å².